The van der Waals surface area contributed by atoms with E-state index in [4.69, 9.17) is 5.84 Å². The Bertz CT molecular complexity index is 199. The zero-order chi connectivity index (χ0) is 9.40. The van der Waals surface area contributed by atoms with Crippen LogP contribution in [0, 0.1) is 0 Å². The van der Waals surface area contributed by atoms with Crippen LogP contribution >= 0.6 is 31.9 Å². The highest BCUT2D eigenvalue weighted by Gasteiger charge is 1.88. The Morgan fingerprint density at radius 3 is 2.17 bits per heavy atom. The Morgan fingerprint density at radius 2 is 1.75 bits per heavy atom. The summed E-state index contributed by atoms with van der Waals surface area (Å²) in [6.07, 6.45) is 0. The van der Waals surface area contributed by atoms with E-state index in [-0.39, 0.29) is 0 Å². The molecule has 0 aliphatic heterocycles. The van der Waals surface area contributed by atoms with Gasteiger partial charge in [-0.15, -0.1) is 0 Å². The van der Waals surface area contributed by atoms with Gasteiger partial charge in [-0.3, -0.25) is 11.3 Å². The third-order valence-corrected chi connectivity index (χ3v) is 1.75. The van der Waals surface area contributed by atoms with E-state index in [0.717, 1.165) is 4.47 Å². The van der Waals surface area contributed by atoms with Crippen molar-refractivity contribution in [1.82, 2.24) is 5.43 Å². The van der Waals surface area contributed by atoms with Crippen LogP contribution in [0.1, 0.15) is 5.56 Å². The van der Waals surface area contributed by atoms with E-state index >= 15 is 0 Å². The molecule has 0 heterocycles. The van der Waals surface area contributed by atoms with Crippen LogP contribution in [-0.2, 0) is 6.54 Å². The minimum absolute atomic E-state index is 0.716. The number of hydrogen-bond donors (Lipinski definition) is 2. The number of hydrazine groups is 1. The molecule has 1 aromatic rings. The van der Waals surface area contributed by atoms with Gasteiger partial charge in [-0.25, -0.2) is 0 Å². The molecule has 0 saturated carbocycles. The molecule has 1 rings (SSSR count). The Balaban J connectivity index is 0.000000561. The molecular formula is C8H12Br2N2. The van der Waals surface area contributed by atoms with E-state index in [1.54, 1.807) is 0 Å². The maximum atomic E-state index is 5.14. The van der Waals surface area contributed by atoms with Crippen molar-refractivity contribution in [3.8, 4) is 0 Å². The molecule has 0 aromatic heterocycles. The Labute approximate surface area is 89.8 Å². The largest absolute Gasteiger partial charge is 0.271 e. The second-order valence-corrected chi connectivity index (χ2v) is 2.92. The molecule has 3 N–H and O–H groups in total. The van der Waals surface area contributed by atoms with Crippen molar-refractivity contribution in [3.63, 3.8) is 0 Å². The summed E-state index contributed by atoms with van der Waals surface area (Å²) >= 11 is 6.28. The fourth-order valence-electron chi connectivity index (χ4n) is 0.720. The lowest BCUT2D eigenvalue weighted by Gasteiger charge is -1.97. The van der Waals surface area contributed by atoms with Crippen molar-refractivity contribution in [2.24, 2.45) is 5.84 Å². The van der Waals surface area contributed by atoms with E-state index in [0.29, 0.717) is 6.54 Å². The number of nitrogens with two attached hydrogens (primary N) is 1. The number of halogens is 2. The fraction of sp³-hybridized carbons (Fsp3) is 0.250. The molecule has 0 spiro atoms. The lowest BCUT2D eigenvalue weighted by atomic mass is 10.2. The van der Waals surface area contributed by atoms with Gasteiger partial charge in [0.25, 0.3) is 0 Å². The third-order valence-electron chi connectivity index (χ3n) is 1.22. The molecule has 0 amide bonds. The maximum absolute atomic E-state index is 5.14. The van der Waals surface area contributed by atoms with E-state index in [2.05, 4.69) is 37.3 Å². The monoisotopic (exact) mass is 294 g/mol. The smallest absolute Gasteiger partial charge is 0.0348 e. The van der Waals surface area contributed by atoms with Gasteiger partial charge in [0.1, 0.15) is 0 Å². The molecule has 68 valence electrons. The number of benzene rings is 1. The van der Waals surface area contributed by atoms with Crippen LogP contribution in [0.15, 0.2) is 28.7 Å². The Hall–Kier alpha value is 0.100. The van der Waals surface area contributed by atoms with Crippen molar-refractivity contribution in [3.05, 3.63) is 34.3 Å². The van der Waals surface area contributed by atoms with Crippen LogP contribution in [0.4, 0.5) is 0 Å². The Kier molecular flexibility index (Phi) is 7.80. The highest BCUT2D eigenvalue weighted by Crippen LogP contribution is 2.09. The van der Waals surface area contributed by atoms with Crippen molar-refractivity contribution in [2.45, 2.75) is 6.54 Å². The quantitative estimate of drug-likeness (QED) is 0.500. The fourth-order valence-corrected chi connectivity index (χ4v) is 0.984. The van der Waals surface area contributed by atoms with Gasteiger partial charge in [-0.05, 0) is 23.5 Å². The van der Waals surface area contributed by atoms with Crippen LogP contribution in [0.2, 0.25) is 0 Å². The van der Waals surface area contributed by atoms with Crippen molar-refractivity contribution in [2.75, 3.05) is 5.83 Å². The summed E-state index contributed by atoms with van der Waals surface area (Å²) in [5.74, 6) is 6.95. The van der Waals surface area contributed by atoms with Crippen LogP contribution in [0.5, 0.6) is 0 Å². The summed E-state index contributed by atoms with van der Waals surface area (Å²) in [7, 11) is 0. The number of hydrogen-bond acceptors (Lipinski definition) is 2. The van der Waals surface area contributed by atoms with Gasteiger partial charge in [-0.1, -0.05) is 44.0 Å². The van der Waals surface area contributed by atoms with Gasteiger partial charge in [0, 0.05) is 11.0 Å². The van der Waals surface area contributed by atoms with Gasteiger partial charge < -0.3 is 0 Å². The molecule has 0 unspecified atom stereocenters. The van der Waals surface area contributed by atoms with Gasteiger partial charge in [0.2, 0.25) is 0 Å². The predicted molar refractivity (Wildman–Crippen MR) is 60.0 cm³/mol. The molecule has 0 aliphatic rings. The SMILES string of the molecule is CBr.NNCc1ccc(Br)cc1. The predicted octanol–water partition coefficient (Wildman–Crippen LogP) is 2.42. The number of nitrogens with one attached hydrogen (secondary N) is 1. The minimum Gasteiger partial charge on any atom is -0.271 e. The first-order valence-electron chi connectivity index (χ1n) is 3.38. The average Bonchev–Trinajstić information content (AvgIpc) is 2.13. The van der Waals surface area contributed by atoms with Gasteiger partial charge in [-0.2, -0.15) is 0 Å². The molecule has 0 saturated heterocycles. The third kappa shape index (κ3) is 4.87. The van der Waals surface area contributed by atoms with E-state index < -0.39 is 0 Å². The first kappa shape index (κ1) is 12.1. The lowest BCUT2D eigenvalue weighted by Crippen LogP contribution is -2.20. The van der Waals surface area contributed by atoms with Gasteiger partial charge >= 0.3 is 0 Å². The van der Waals surface area contributed by atoms with E-state index in [1.165, 1.54) is 5.56 Å². The van der Waals surface area contributed by atoms with Crippen molar-refractivity contribution < 1.29 is 0 Å². The summed E-state index contributed by atoms with van der Waals surface area (Å²) in [4.78, 5) is 0. The normalized spacial score (nSPS) is 8.67. The molecule has 0 fully saturated rings. The minimum atomic E-state index is 0.716. The molecule has 2 nitrogen and oxygen atoms in total. The van der Waals surface area contributed by atoms with Gasteiger partial charge in [0.05, 0.1) is 0 Å². The summed E-state index contributed by atoms with van der Waals surface area (Å²) in [6.45, 7) is 0.716. The van der Waals surface area contributed by atoms with E-state index in [1.807, 2.05) is 30.1 Å². The Morgan fingerprint density at radius 1 is 1.25 bits per heavy atom. The first-order chi connectivity index (χ1) is 5.83. The zero-order valence-corrected chi connectivity index (χ0v) is 10.0. The zero-order valence-electron chi connectivity index (χ0n) is 6.85. The number of alkyl halides is 1. The highest BCUT2D eigenvalue weighted by atomic mass is 79.9. The molecule has 12 heavy (non-hydrogen) atoms. The van der Waals surface area contributed by atoms with Crippen LogP contribution in [0.3, 0.4) is 0 Å². The summed E-state index contributed by atoms with van der Waals surface area (Å²) in [5.41, 5.74) is 3.77. The first-order valence-corrected chi connectivity index (χ1v) is 5.76. The molecule has 0 radical (unpaired) electrons. The molecular weight excluding hydrogens is 284 g/mol. The maximum Gasteiger partial charge on any atom is 0.0348 e. The summed E-state index contributed by atoms with van der Waals surface area (Å²) in [5, 5.41) is 0. The lowest BCUT2D eigenvalue weighted by molar-refractivity contribution is 0.741. The second-order valence-electron chi connectivity index (χ2n) is 2.01. The summed E-state index contributed by atoms with van der Waals surface area (Å²) < 4.78 is 1.09. The topological polar surface area (TPSA) is 38.0 Å². The summed E-state index contributed by atoms with van der Waals surface area (Å²) in [6, 6.07) is 8.02. The molecule has 0 bridgehead atoms. The van der Waals surface area contributed by atoms with Crippen LogP contribution < -0.4 is 11.3 Å². The molecule has 4 heteroatoms. The van der Waals surface area contributed by atoms with Gasteiger partial charge in [0.15, 0.2) is 0 Å². The number of rotatable bonds is 2. The molecule has 1 aromatic carbocycles. The van der Waals surface area contributed by atoms with Crippen LogP contribution in [0.25, 0.3) is 0 Å². The van der Waals surface area contributed by atoms with Crippen molar-refractivity contribution in [1.29, 1.82) is 0 Å². The van der Waals surface area contributed by atoms with E-state index in [9.17, 15) is 0 Å². The van der Waals surface area contributed by atoms with Crippen molar-refractivity contribution >= 4 is 31.9 Å². The average molecular weight is 296 g/mol. The van der Waals surface area contributed by atoms with Crippen LogP contribution in [-0.4, -0.2) is 5.83 Å². The molecule has 0 aliphatic carbocycles. The molecule has 0 atom stereocenters. The second kappa shape index (κ2) is 7.73. The standard InChI is InChI=1S/C7H9BrN2.CH3Br/c8-7-3-1-6(2-4-7)5-10-9;1-2/h1-4,10H,5,9H2;1H3. The highest BCUT2D eigenvalue weighted by molar-refractivity contribution is 9.10.